The molecule has 0 amide bonds. The van der Waals surface area contributed by atoms with E-state index in [0.717, 1.165) is 5.39 Å². The maximum atomic E-state index is 12.6. The van der Waals surface area contributed by atoms with Gasteiger partial charge in [0.15, 0.2) is 6.10 Å². The van der Waals surface area contributed by atoms with E-state index in [0.29, 0.717) is 16.9 Å². The zero-order valence-corrected chi connectivity index (χ0v) is 15.4. The highest BCUT2D eigenvalue weighted by Crippen LogP contribution is 2.24. The molecule has 0 saturated carbocycles. The standard InChI is InChI=1S/C22H22O4/c1-14(21(24)16-5-9-17(10-6-16)22(2,3)4)25-18-11-7-15-8-12-20(23)26-19(15)13-18/h5-14H,1-4H3/t14-/m1/s1. The summed E-state index contributed by atoms with van der Waals surface area (Å²) in [5.74, 6) is 0.388. The molecule has 3 aromatic rings. The smallest absolute Gasteiger partial charge is 0.336 e. The number of carbonyl (C=O) groups excluding carboxylic acids is 1. The highest BCUT2D eigenvalue weighted by Gasteiger charge is 2.19. The molecule has 1 heterocycles. The van der Waals surface area contributed by atoms with Crippen LogP contribution in [0.15, 0.2) is 63.8 Å². The second kappa shape index (κ2) is 6.79. The van der Waals surface area contributed by atoms with Crippen LogP contribution in [0.3, 0.4) is 0 Å². The van der Waals surface area contributed by atoms with Crippen molar-refractivity contribution < 1.29 is 13.9 Å². The Morgan fingerprint density at radius 2 is 1.65 bits per heavy atom. The summed E-state index contributed by atoms with van der Waals surface area (Å²) in [5.41, 5.74) is 1.84. The quantitative estimate of drug-likeness (QED) is 0.504. The normalized spacial score (nSPS) is 12.8. The lowest BCUT2D eigenvalue weighted by Crippen LogP contribution is -2.24. The maximum absolute atomic E-state index is 12.6. The molecule has 0 aliphatic rings. The second-order valence-corrected chi connectivity index (χ2v) is 7.41. The van der Waals surface area contributed by atoms with Crippen LogP contribution in [0.2, 0.25) is 0 Å². The van der Waals surface area contributed by atoms with E-state index in [2.05, 4.69) is 20.8 Å². The van der Waals surface area contributed by atoms with Crippen molar-refractivity contribution >= 4 is 16.8 Å². The molecule has 2 aromatic carbocycles. The average molecular weight is 350 g/mol. The van der Waals surface area contributed by atoms with Gasteiger partial charge in [-0.25, -0.2) is 4.79 Å². The first-order valence-electron chi connectivity index (χ1n) is 8.59. The topological polar surface area (TPSA) is 56.5 Å². The van der Waals surface area contributed by atoms with Crippen molar-refractivity contribution in [3.8, 4) is 5.75 Å². The van der Waals surface area contributed by atoms with Crippen LogP contribution in [0, 0.1) is 0 Å². The summed E-state index contributed by atoms with van der Waals surface area (Å²) in [4.78, 5) is 24.0. The summed E-state index contributed by atoms with van der Waals surface area (Å²) in [7, 11) is 0. The fraction of sp³-hybridized carbons (Fsp3) is 0.273. The van der Waals surface area contributed by atoms with Crippen molar-refractivity contribution in [1.29, 1.82) is 0 Å². The molecule has 134 valence electrons. The Morgan fingerprint density at radius 1 is 1.00 bits per heavy atom. The Labute approximate surface area is 152 Å². The van der Waals surface area contributed by atoms with Crippen molar-refractivity contribution in [2.45, 2.75) is 39.2 Å². The van der Waals surface area contributed by atoms with Gasteiger partial charge in [-0.05, 0) is 36.1 Å². The van der Waals surface area contributed by atoms with Gasteiger partial charge in [-0.3, -0.25) is 4.79 Å². The molecule has 3 rings (SSSR count). The molecule has 4 heteroatoms. The molecule has 0 aliphatic carbocycles. The zero-order valence-electron chi connectivity index (χ0n) is 15.4. The molecule has 0 N–H and O–H groups in total. The van der Waals surface area contributed by atoms with Gasteiger partial charge in [0.05, 0.1) is 0 Å². The van der Waals surface area contributed by atoms with Gasteiger partial charge in [-0.15, -0.1) is 0 Å². The maximum Gasteiger partial charge on any atom is 0.336 e. The van der Waals surface area contributed by atoms with Crippen LogP contribution in [0.4, 0.5) is 0 Å². The Hall–Kier alpha value is -2.88. The van der Waals surface area contributed by atoms with Crippen molar-refractivity contribution in [3.05, 3.63) is 76.1 Å². The molecule has 0 saturated heterocycles. The molecule has 0 bridgehead atoms. The van der Waals surface area contributed by atoms with E-state index in [1.165, 1.54) is 11.6 Å². The number of carbonyl (C=O) groups is 1. The van der Waals surface area contributed by atoms with Crippen LogP contribution in [-0.4, -0.2) is 11.9 Å². The number of Topliss-reactive ketones (excluding diaryl/α,β-unsaturated/α-hetero) is 1. The number of hydrogen-bond acceptors (Lipinski definition) is 4. The van der Waals surface area contributed by atoms with Crippen LogP contribution in [-0.2, 0) is 5.41 Å². The SMILES string of the molecule is C[C@@H](Oc1ccc2ccc(=O)oc2c1)C(=O)c1ccc(C(C)(C)C)cc1. The van der Waals surface area contributed by atoms with Gasteiger partial charge in [0.2, 0.25) is 5.78 Å². The van der Waals surface area contributed by atoms with E-state index in [-0.39, 0.29) is 11.2 Å². The molecular weight excluding hydrogens is 328 g/mol. The first-order chi connectivity index (χ1) is 12.2. The molecule has 0 unspecified atom stereocenters. The Bertz CT molecular complexity index is 991. The van der Waals surface area contributed by atoms with Crippen molar-refractivity contribution in [3.63, 3.8) is 0 Å². The summed E-state index contributed by atoms with van der Waals surface area (Å²) in [6, 6.07) is 15.9. The van der Waals surface area contributed by atoms with E-state index in [1.54, 1.807) is 31.2 Å². The summed E-state index contributed by atoms with van der Waals surface area (Å²) < 4.78 is 10.9. The highest BCUT2D eigenvalue weighted by molar-refractivity contribution is 5.99. The summed E-state index contributed by atoms with van der Waals surface area (Å²) in [6.45, 7) is 8.11. The lowest BCUT2D eigenvalue weighted by Gasteiger charge is -2.19. The minimum absolute atomic E-state index is 0.0404. The molecule has 0 radical (unpaired) electrons. The first-order valence-corrected chi connectivity index (χ1v) is 8.59. The van der Waals surface area contributed by atoms with Gasteiger partial charge in [0, 0.05) is 23.1 Å². The number of ether oxygens (including phenoxy) is 1. The average Bonchev–Trinajstić information content (AvgIpc) is 2.60. The molecule has 1 aromatic heterocycles. The van der Waals surface area contributed by atoms with E-state index < -0.39 is 11.7 Å². The van der Waals surface area contributed by atoms with Crippen LogP contribution in [0.25, 0.3) is 11.0 Å². The zero-order chi connectivity index (χ0) is 18.9. The molecule has 0 spiro atoms. The lowest BCUT2D eigenvalue weighted by molar-refractivity contribution is 0.0818. The number of rotatable bonds is 4. The fourth-order valence-electron chi connectivity index (χ4n) is 2.74. The molecule has 4 nitrogen and oxygen atoms in total. The largest absolute Gasteiger partial charge is 0.482 e. The fourth-order valence-corrected chi connectivity index (χ4v) is 2.74. The Morgan fingerprint density at radius 3 is 2.31 bits per heavy atom. The van der Waals surface area contributed by atoms with E-state index in [4.69, 9.17) is 9.15 Å². The van der Waals surface area contributed by atoms with Crippen molar-refractivity contribution in [1.82, 2.24) is 0 Å². The van der Waals surface area contributed by atoms with Gasteiger partial charge >= 0.3 is 5.63 Å². The summed E-state index contributed by atoms with van der Waals surface area (Å²) in [5, 5.41) is 0.800. The van der Waals surface area contributed by atoms with Gasteiger partial charge in [-0.2, -0.15) is 0 Å². The third kappa shape index (κ3) is 3.85. The van der Waals surface area contributed by atoms with Crippen LogP contribution in [0.5, 0.6) is 5.75 Å². The molecule has 1 atom stereocenters. The first kappa shape index (κ1) is 17.9. The molecule has 0 fully saturated rings. The van der Waals surface area contributed by atoms with Crippen LogP contribution in [0.1, 0.15) is 43.6 Å². The predicted octanol–water partition coefficient (Wildman–Crippen LogP) is 4.74. The predicted molar refractivity (Wildman–Crippen MR) is 102 cm³/mol. The molecule has 26 heavy (non-hydrogen) atoms. The third-order valence-electron chi connectivity index (χ3n) is 4.31. The van der Waals surface area contributed by atoms with Gasteiger partial charge < -0.3 is 9.15 Å². The van der Waals surface area contributed by atoms with Crippen molar-refractivity contribution in [2.24, 2.45) is 0 Å². The van der Waals surface area contributed by atoms with Gasteiger partial charge in [0.25, 0.3) is 0 Å². The Kier molecular flexibility index (Phi) is 4.68. The minimum Gasteiger partial charge on any atom is -0.482 e. The van der Waals surface area contributed by atoms with Gasteiger partial charge in [0.1, 0.15) is 11.3 Å². The van der Waals surface area contributed by atoms with E-state index in [9.17, 15) is 9.59 Å². The minimum atomic E-state index is -0.650. The molecular formula is C22H22O4. The van der Waals surface area contributed by atoms with E-state index >= 15 is 0 Å². The second-order valence-electron chi connectivity index (χ2n) is 7.41. The van der Waals surface area contributed by atoms with Crippen LogP contribution < -0.4 is 10.4 Å². The molecule has 0 aliphatic heterocycles. The number of ketones is 1. The number of hydrogen-bond donors (Lipinski definition) is 0. The Balaban J connectivity index is 1.77. The summed E-state index contributed by atoms with van der Waals surface area (Å²) >= 11 is 0. The van der Waals surface area contributed by atoms with Gasteiger partial charge in [-0.1, -0.05) is 45.0 Å². The van der Waals surface area contributed by atoms with E-state index in [1.807, 2.05) is 24.3 Å². The third-order valence-corrected chi connectivity index (χ3v) is 4.31. The lowest BCUT2D eigenvalue weighted by atomic mass is 9.86. The van der Waals surface area contributed by atoms with Crippen molar-refractivity contribution in [2.75, 3.05) is 0 Å². The number of benzene rings is 2. The monoisotopic (exact) mass is 350 g/mol. The highest BCUT2D eigenvalue weighted by atomic mass is 16.5. The number of fused-ring (bicyclic) bond motifs is 1. The van der Waals surface area contributed by atoms with Crippen LogP contribution >= 0.6 is 0 Å². The summed E-state index contributed by atoms with van der Waals surface area (Å²) in [6.07, 6.45) is -0.650.